The van der Waals surface area contributed by atoms with Gasteiger partial charge in [0.15, 0.2) is 0 Å². The second-order valence-corrected chi connectivity index (χ2v) is 3.41. The van der Waals surface area contributed by atoms with Crippen LogP contribution < -0.4 is 0 Å². The molecule has 1 aromatic carbocycles. The van der Waals surface area contributed by atoms with Crippen molar-refractivity contribution in [3.05, 3.63) is 35.6 Å². The van der Waals surface area contributed by atoms with Crippen molar-refractivity contribution in [2.45, 2.75) is 19.8 Å². The van der Waals surface area contributed by atoms with Gasteiger partial charge < -0.3 is 5.11 Å². The van der Waals surface area contributed by atoms with Crippen molar-refractivity contribution in [2.24, 2.45) is 5.92 Å². The van der Waals surface area contributed by atoms with Crippen molar-refractivity contribution in [3.8, 4) is 0 Å². The van der Waals surface area contributed by atoms with Crippen molar-refractivity contribution in [1.29, 1.82) is 0 Å². The minimum absolute atomic E-state index is 0.0185. The van der Waals surface area contributed by atoms with Gasteiger partial charge >= 0.3 is 5.97 Å². The van der Waals surface area contributed by atoms with E-state index in [-0.39, 0.29) is 11.7 Å². The maximum atomic E-state index is 12.2. The Morgan fingerprint density at radius 1 is 1.50 bits per heavy atom. The predicted molar refractivity (Wildman–Crippen MR) is 51.5 cm³/mol. The summed E-state index contributed by atoms with van der Waals surface area (Å²) in [5.74, 6) is -0.773. The van der Waals surface area contributed by atoms with Crippen molar-refractivity contribution >= 4 is 5.97 Å². The van der Waals surface area contributed by atoms with Gasteiger partial charge in [-0.1, -0.05) is 12.1 Å². The third-order valence-corrected chi connectivity index (χ3v) is 1.91. The zero-order chi connectivity index (χ0) is 10.6. The number of hydrogen-bond donors (Lipinski definition) is 1. The SMILES string of the molecule is Cc1cccc(F)c1.O=C(O)C1CC1. The first-order valence-corrected chi connectivity index (χ1v) is 4.54. The summed E-state index contributed by atoms with van der Waals surface area (Å²) >= 11 is 0. The van der Waals surface area contributed by atoms with Crippen LogP contribution in [0.4, 0.5) is 4.39 Å². The van der Waals surface area contributed by atoms with Crippen molar-refractivity contribution < 1.29 is 14.3 Å². The Morgan fingerprint density at radius 2 is 2.14 bits per heavy atom. The molecular formula is C11H13FO2. The predicted octanol–water partition coefficient (Wildman–Crippen LogP) is 2.62. The lowest BCUT2D eigenvalue weighted by Crippen LogP contribution is -1.94. The molecule has 1 aliphatic carbocycles. The standard InChI is InChI=1S/C7H7F.C4H6O2/c1-6-3-2-4-7(8)5-6;5-4(6)3-1-2-3/h2-5H,1H3;3H,1-2H2,(H,5,6). The summed E-state index contributed by atoms with van der Waals surface area (Å²) in [7, 11) is 0. The molecule has 2 rings (SSSR count). The van der Waals surface area contributed by atoms with E-state index >= 15 is 0 Å². The van der Waals surface area contributed by atoms with Crippen LogP contribution in [0.15, 0.2) is 24.3 Å². The summed E-state index contributed by atoms with van der Waals surface area (Å²) in [6, 6.07) is 6.50. The van der Waals surface area contributed by atoms with Gasteiger partial charge in [0.05, 0.1) is 5.92 Å². The summed E-state index contributed by atoms with van der Waals surface area (Å²) in [4.78, 5) is 9.76. The van der Waals surface area contributed by atoms with Crippen LogP contribution >= 0.6 is 0 Å². The van der Waals surface area contributed by atoms with E-state index in [1.54, 1.807) is 6.07 Å². The maximum absolute atomic E-state index is 12.2. The zero-order valence-corrected chi connectivity index (χ0v) is 8.03. The van der Waals surface area contributed by atoms with Crippen molar-refractivity contribution in [1.82, 2.24) is 0 Å². The van der Waals surface area contributed by atoms with E-state index in [0.717, 1.165) is 18.4 Å². The monoisotopic (exact) mass is 196 g/mol. The molecule has 0 heterocycles. The first kappa shape index (κ1) is 10.7. The van der Waals surface area contributed by atoms with Crippen LogP contribution in [0.25, 0.3) is 0 Å². The van der Waals surface area contributed by atoms with Crippen LogP contribution in [0.1, 0.15) is 18.4 Å². The quantitative estimate of drug-likeness (QED) is 0.749. The Bertz CT molecular complexity index is 302. The largest absolute Gasteiger partial charge is 0.481 e. The summed E-state index contributed by atoms with van der Waals surface area (Å²) in [6.45, 7) is 1.86. The number of benzene rings is 1. The zero-order valence-electron chi connectivity index (χ0n) is 8.03. The number of carboxylic acid groups (broad SMARTS) is 1. The Morgan fingerprint density at radius 3 is 2.36 bits per heavy atom. The van der Waals surface area contributed by atoms with Gasteiger partial charge in [0.2, 0.25) is 0 Å². The molecule has 0 aliphatic heterocycles. The normalized spacial score (nSPS) is 14.1. The topological polar surface area (TPSA) is 37.3 Å². The molecule has 3 heteroatoms. The van der Waals surface area contributed by atoms with Crippen molar-refractivity contribution in [3.63, 3.8) is 0 Å². The van der Waals surface area contributed by atoms with E-state index in [9.17, 15) is 9.18 Å². The first-order chi connectivity index (χ1) is 6.59. The summed E-state index contributed by atoms with van der Waals surface area (Å²) < 4.78 is 12.2. The molecule has 1 aromatic rings. The minimum atomic E-state index is -0.630. The summed E-state index contributed by atoms with van der Waals surface area (Å²) in [5.41, 5.74) is 0.963. The van der Waals surface area contributed by atoms with E-state index in [2.05, 4.69) is 0 Å². The lowest BCUT2D eigenvalue weighted by Gasteiger charge is -1.87. The smallest absolute Gasteiger partial charge is 0.306 e. The Balaban J connectivity index is 0.000000146. The number of halogens is 1. The molecule has 1 N–H and O–H groups in total. The molecule has 14 heavy (non-hydrogen) atoms. The summed E-state index contributed by atoms with van der Waals surface area (Å²) in [6.07, 6.45) is 1.80. The van der Waals surface area contributed by atoms with Crippen LogP contribution in [0.2, 0.25) is 0 Å². The second-order valence-electron chi connectivity index (χ2n) is 3.41. The third-order valence-electron chi connectivity index (χ3n) is 1.91. The lowest BCUT2D eigenvalue weighted by molar-refractivity contribution is -0.138. The fourth-order valence-electron chi connectivity index (χ4n) is 0.936. The molecular weight excluding hydrogens is 183 g/mol. The number of carboxylic acids is 1. The third kappa shape index (κ3) is 4.03. The molecule has 0 atom stereocenters. The highest BCUT2D eigenvalue weighted by molar-refractivity contribution is 5.72. The molecule has 0 unspecified atom stereocenters. The summed E-state index contributed by atoms with van der Waals surface area (Å²) in [5, 5.41) is 8.05. The first-order valence-electron chi connectivity index (χ1n) is 4.54. The number of rotatable bonds is 1. The molecule has 0 amide bonds. The fraction of sp³-hybridized carbons (Fsp3) is 0.364. The van der Waals surface area contributed by atoms with Gasteiger partial charge in [-0.2, -0.15) is 0 Å². The van der Waals surface area contributed by atoms with Gasteiger partial charge in [0.1, 0.15) is 5.82 Å². The number of aliphatic carboxylic acids is 1. The van der Waals surface area contributed by atoms with Crippen LogP contribution in [0.3, 0.4) is 0 Å². The number of carbonyl (C=O) groups is 1. The maximum Gasteiger partial charge on any atom is 0.306 e. The van der Waals surface area contributed by atoms with Crippen molar-refractivity contribution in [2.75, 3.05) is 0 Å². The van der Waals surface area contributed by atoms with E-state index in [1.807, 2.05) is 13.0 Å². The Kier molecular flexibility index (Phi) is 3.63. The highest BCUT2D eigenvalue weighted by Gasteiger charge is 2.28. The van der Waals surface area contributed by atoms with Crippen LogP contribution in [0, 0.1) is 18.7 Å². The second kappa shape index (κ2) is 4.74. The van der Waals surface area contributed by atoms with Gasteiger partial charge in [-0.15, -0.1) is 0 Å². The van der Waals surface area contributed by atoms with E-state index in [4.69, 9.17) is 5.11 Å². The molecule has 1 fully saturated rings. The van der Waals surface area contributed by atoms with E-state index in [1.165, 1.54) is 12.1 Å². The molecule has 76 valence electrons. The van der Waals surface area contributed by atoms with Crippen LogP contribution in [-0.4, -0.2) is 11.1 Å². The van der Waals surface area contributed by atoms with Crippen LogP contribution in [-0.2, 0) is 4.79 Å². The molecule has 2 nitrogen and oxygen atoms in total. The molecule has 1 saturated carbocycles. The van der Waals surface area contributed by atoms with E-state index in [0.29, 0.717) is 0 Å². The van der Waals surface area contributed by atoms with Gasteiger partial charge in [0, 0.05) is 0 Å². The van der Waals surface area contributed by atoms with Gasteiger partial charge in [-0.05, 0) is 37.5 Å². The minimum Gasteiger partial charge on any atom is -0.481 e. The number of hydrogen-bond acceptors (Lipinski definition) is 1. The van der Waals surface area contributed by atoms with E-state index < -0.39 is 5.97 Å². The number of aryl methyl sites for hydroxylation is 1. The highest BCUT2D eigenvalue weighted by atomic mass is 19.1. The van der Waals surface area contributed by atoms with Gasteiger partial charge in [0.25, 0.3) is 0 Å². The average molecular weight is 196 g/mol. The van der Waals surface area contributed by atoms with Crippen LogP contribution in [0.5, 0.6) is 0 Å². The molecule has 0 saturated heterocycles. The molecule has 0 radical (unpaired) electrons. The average Bonchev–Trinajstić information content (AvgIpc) is 2.85. The van der Waals surface area contributed by atoms with Gasteiger partial charge in [-0.25, -0.2) is 4.39 Å². The lowest BCUT2D eigenvalue weighted by atomic mass is 10.2. The highest BCUT2D eigenvalue weighted by Crippen LogP contribution is 2.28. The fourth-order valence-corrected chi connectivity index (χ4v) is 0.936. The van der Waals surface area contributed by atoms with Gasteiger partial charge in [-0.3, -0.25) is 4.79 Å². The molecule has 0 bridgehead atoms. The molecule has 0 spiro atoms. The Labute approximate surface area is 82.4 Å². The molecule has 0 aromatic heterocycles. The Hall–Kier alpha value is -1.38. The molecule has 1 aliphatic rings.